The number of hydrogen-bond acceptors (Lipinski definition) is 4. The second kappa shape index (κ2) is 11.3. The third-order valence-electron chi connectivity index (χ3n) is 5.30. The molecule has 0 aliphatic carbocycles. The first kappa shape index (κ1) is 22.6. The Morgan fingerprint density at radius 2 is 2.00 bits per heavy atom. The van der Waals surface area contributed by atoms with Gasteiger partial charge in [-0.2, -0.15) is 0 Å². The molecule has 1 unspecified atom stereocenters. The molecule has 0 bridgehead atoms. The van der Waals surface area contributed by atoms with Crippen LogP contribution in [0.1, 0.15) is 64.0 Å². The first-order valence-corrected chi connectivity index (χ1v) is 11.0. The molecule has 3 rings (SSSR count). The number of halogens is 1. The van der Waals surface area contributed by atoms with Crippen LogP contribution in [0.4, 0.5) is 9.18 Å². The van der Waals surface area contributed by atoms with Crippen LogP contribution in [0.2, 0.25) is 0 Å². The van der Waals surface area contributed by atoms with Gasteiger partial charge in [0, 0.05) is 29.9 Å². The molecular formula is C24H31FN4O2. The van der Waals surface area contributed by atoms with Crippen LogP contribution in [0.5, 0.6) is 5.75 Å². The van der Waals surface area contributed by atoms with Crippen molar-refractivity contribution in [3.63, 3.8) is 0 Å². The maximum atomic E-state index is 14.1. The third-order valence-corrected chi connectivity index (χ3v) is 5.30. The van der Waals surface area contributed by atoms with E-state index in [1.807, 2.05) is 36.0 Å². The number of nitrogens with zero attached hydrogens (tertiary/aromatic N) is 2. The van der Waals surface area contributed by atoms with Crippen molar-refractivity contribution >= 4 is 17.0 Å². The zero-order valence-electron chi connectivity index (χ0n) is 18.2. The summed E-state index contributed by atoms with van der Waals surface area (Å²) in [5, 5.41) is 3.72. The largest absolute Gasteiger partial charge is 0.412 e. The van der Waals surface area contributed by atoms with Crippen LogP contribution in [0, 0.1) is 5.82 Å². The number of fused-ring (bicyclic) bond motifs is 1. The number of amides is 1. The number of aromatic nitrogens is 2. The predicted octanol–water partition coefficient (Wildman–Crippen LogP) is 5.93. The molecule has 1 aromatic carbocycles. The Labute approximate surface area is 182 Å². The molecule has 1 atom stereocenters. The fourth-order valence-corrected chi connectivity index (χ4v) is 3.58. The normalized spacial score (nSPS) is 12.0. The number of pyridine rings is 1. The number of carbonyl (C=O) groups is 1. The summed E-state index contributed by atoms with van der Waals surface area (Å²) in [4.78, 5) is 15.8. The van der Waals surface area contributed by atoms with Gasteiger partial charge >= 0.3 is 6.09 Å². The fourth-order valence-electron chi connectivity index (χ4n) is 3.58. The minimum Gasteiger partial charge on any atom is -0.410 e. The van der Waals surface area contributed by atoms with Gasteiger partial charge in [-0.25, -0.2) is 9.18 Å². The van der Waals surface area contributed by atoms with Crippen molar-refractivity contribution in [2.75, 3.05) is 12.0 Å². The zero-order chi connectivity index (χ0) is 22.1. The van der Waals surface area contributed by atoms with Crippen molar-refractivity contribution in [2.45, 2.75) is 58.4 Å². The lowest BCUT2D eigenvalue weighted by Gasteiger charge is -2.20. The average Bonchev–Trinajstić information content (AvgIpc) is 3.17. The van der Waals surface area contributed by atoms with E-state index in [0.29, 0.717) is 24.3 Å². The Morgan fingerprint density at radius 1 is 1.16 bits per heavy atom. The number of benzene rings is 1. The summed E-state index contributed by atoms with van der Waals surface area (Å²) in [5.74, 6) is 0.159. The number of unbranched alkanes of at least 4 members (excludes halogenated alkanes) is 4. The van der Waals surface area contributed by atoms with Gasteiger partial charge in [-0.05, 0) is 43.2 Å². The lowest BCUT2D eigenvalue weighted by Crippen LogP contribution is -2.27. The summed E-state index contributed by atoms with van der Waals surface area (Å²) in [6.07, 6.45) is 10.7. The molecule has 2 aromatic heterocycles. The SMILES string of the molecule is CCCCCCCNC(=O)Oc1ccc2c(ccn2NC(CC)c2ccncc2F)c1. The standard InChI is InChI=1S/C24H31FN4O2/c1-3-5-6-7-8-13-27-24(30)31-19-9-10-23-18(16-19)12-15-29(23)28-22(4-2)20-11-14-26-17-21(20)25/h9-12,14-17,22,28H,3-8,13H2,1-2H3,(H,27,30). The molecule has 0 fully saturated rings. The van der Waals surface area contributed by atoms with Gasteiger partial charge in [-0.3, -0.25) is 9.66 Å². The van der Waals surface area contributed by atoms with E-state index in [9.17, 15) is 9.18 Å². The van der Waals surface area contributed by atoms with Crippen molar-refractivity contribution in [2.24, 2.45) is 0 Å². The first-order valence-electron chi connectivity index (χ1n) is 11.0. The lowest BCUT2D eigenvalue weighted by atomic mass is 10.1. The number of rotatable bonds is 11. The van der Waals surface area contributed by atoms with Gasteiger partial charge < -0.3 is 15.5 Å². The predicted molar refractivity (Wildman–Crippen MR) is 121 cm³/mol. The summed E-state index contributed by atoms with van der Waals surface area (Å²) in [7, 11) is 0. The number of nitrogens with one attached hydrogen (secondary N) is 2. The third kappa shape index (κ3) is 6.20. The Morgan fingerprint density at radius 3 is 2.77 bits per heavy atom. The lowest BCUT2D eigenvalue weighted by molar-refractivity contribution is 0.200. The summed E-state index contributed by atoms with van der Waals surface area (Å²) in [5.41, 5.74) is 4.83. The van der Waals surface area contributed by atoms with Crippen molar-refractivity contribution in [1.82, 2.24) is 15.0 Å². The molecule has 0 aliphatic heterocycles. The first-order chi connectivity index (χ1) is 15.1. The summed E-state index contributed by atoms with van der Waals surface area (Å²) in [6, 6.07) is 8.88. The average molecular weight is 427 g/mol. The van der Waals surface area contributed by atoms with Gasteiger partial charge in [0.05, 0.1) is 17.8 Å². The quantitative estimate of drug-likeness (QED) is 0.373. The molecule has 0 spiro atoms. The highest BCUT2D eigenvalue weighted by atomic mass is 19.1. The molecule has 0 saturated carbocycles. The van der Waals surface area contributed by atoms with Gasteiger partial charge in [-0.1, -0.05) is 39.5 Å². The summed E-state index contributed by atoms with van der Waals surface area (Å²) < 4.78 is 21.4. The van der Waals surface area contributed by atoms with E-state index < -0.39 is 6.09 Å². The van der Waals surface area contributed by atoms with Crippen molar-refractivity contribution in [3.05, 3.63) is 60.3 Å². The molecular weight excluding hydrogens is 395 g/mol. The van der Waals surface area contributed by atoms with E-state index in [2.05, 4.69) is 22.7 Å². The Balaban J connectivity index is 1.59. The smallest absolute Gasteiger partial charge is 0.410 e. The number of ether oxygens (including phenoxy) is 1. The molecule has 0 radical (unpaired) electrons. The van der Waals surface area contributed by atoms with Crippen LogP contribution >= 0.6 is 0 Å². The van der Waals surface area contributed by atoms with Crippen molar-refractivity contribution in [1.29, 1.82) is 0 Å². The van der Waals surface area contributed by atoms with Gasteiger partial charge in [0.25, 0.3) is 0 Å². The van der Waals surface area contributed by atoms with Crippen LogP contribution in [-0.2, 0) is 0 Å². The Bertz CT molecular complexity index is 989. The van der Waals surface area contributed by atoms with Crippen molar-refractivity contribution < 1.29 is 13.9 Å². The van der Waals surface area contributed by atoms with E-state index in [4.69, 9.17) is 4.74 Å². The monoisotopic (exact) mass is 426 g/mol. The van der Waals surface area contributed by atoms with Crippen LogP contribution in [0.25, 0.3) is 10.9 Å². The summed E-state index contributed by atoms with van der Waals surface area (Å²) in [6.45, 7) is 4.80. The second-order valence-electron chi connectivity index (χ2n) is 7.62. The van der Waals surface area contributed by atoms with Gasteiger partial charge in [0.2, 0.25) is 0 Å². The zero-order valence-corrected chi connectivity index (χ0v) is 18.2. The summed E-state index contributed by atoms with van der Waals surface area (Å²) >= 11 is 0. The van der Waals surface area contributed by atoms with Crippen LogP contribution in [-0.4, -0.2) is 22.3 Å². The molecule has 0 saturated heterocycles. The maximum Gasteiger partial charge on any atom is 0.412 e. The number of carbonyl (C=O) groups excluding carboxylic acids is 1. The highest BCUT2D eigenvalue weighted by Gasteiger charge is 2.15. The molecule has 0 aliphatic rings. The molecule has 6 nitrogen and oxygen atoms in total. The van der Waals surface area contributed by atoms with E-state index in [0.717, 1.165) is 23.7 Å². The highest BCUT2D eigenvalue weighted by molar-refractivity contribution is 5.83. The Kier molecular flexibility index (Phi) is 8.27. The van der Waals surface area contributed by atoms with E-state index in [1.54, 1.807) is 18.3 Å². The minimum atomic E-state index is -0.438. The molecule has 1 amide bonds. The highest BCUT2D eigenvalue weighted by Crippen LogP contribution is 2.25. The fraction of sp³-hybridized carbons (Fsp3) is 0.417. The molecule has 7 heteroatoms. The maximum absolute atomic E-state index is 14.1. The van der Waals surface area contributed by atoms with Crippen LogP contribution in [0.3, 0.4) is 0 Å². The van der Waals surface area contributed by atoms with Gasteiger partial charge in [-0.15, -0.1) is 0 Å². The van der Waals surface area contributed by atoms with Gasteiger partial charge in [0.1, 0.15) is 11.6 Å². The molecule has 3 aromatic rings. The topological polar surface area (TPSA) is 68.2 Å². The van der Waals surface area contributed by atoms with Crippen LogP contribution < -0.4 is 15.5 Å². The van der Waals surface area contributed by atoms with Crippen LogP contribution in [0.15, 0.2) is 48.9 Å². The molecule has 31 heavy (non-hydrogen) atoms. The van der Waals surface area contributed by atoms with Gasteiger partial charge in [0.15, 0.2) is 0 Å². The number of hydrogen-bond donors (Lipinski definition) is 2. The molecule has 2 N–H and O–H groups in total. The second-order valence-corrected chi connectivity index (χ2v) is 7.62. The van der Waals surface area contributed by atoms with E-state index >= 15 is 0 Å². The van der Waals surface area contributed by atoms with E-state index in [-0.39, 0.29) is 11.9 Å². The molecule has 166 valence electrons. The van der Waals surface area contributed by atoms with Crippen molar-refractivity contribution in [3.8, 4) is 5.75 Å². The Hall–Kier alpha value is -3.09. The minimum absolute atomic E-state index is 0.197. The molecule has 2 heterocycles. The van der Waals surface area contributed by atoms with E-state index in [1.165, 1.54) is 25.5 Å².